The molecule has 1 aromatic heterocycles. The third-order valence-corrected chi connectivity index (χ3v) is 4.93. The summed E-state index contributed by atoms with van der Waals surface area (Å²) in [7, 11) is 3.23. The van der Waals surface area contributed by atoms with Gasteiger partial charge in [-0.1, -0.05) is 11.6 Å². The zero-order valence-corrected chi connectivity index (χ0v) is 16.3. The summed E-state index contributed by atoms with van der Waals surface area (Å²) in [4.78, 5) is 0. The first-order valence-electron chi connectivity index (χ1n) is 8.96. The maximum atomic E-state index is 9.89. The molecule has 3 aromatic rings. The van der Waals surface area contributed by atoms with E-state index in [2.05, 4.69) is 6.08 Å². The van der Waals surface area contributed by atoms with E-state index in [1.54, 1.807) is 14.2 Å². The minimum Gasteiger partial charge on any atom is -0.504 e. The van der Waals surface area contributed by atoms with E-state index < -0.39 is 0 Å². The van der Waals surface area contributed by atoms with E-state index in [1.807, 2.05) is 19.9 Å². The molecule has 2 N–H and O–H groups in total. The molecule has 4 rings (SSSR count). The Balaban J connectivity index is 2.00. The number of phenolic OH excluding ortho intramolecular Hbond substituents is 2. The van der Waals surface area contributed by atoms with Gasteiger partial charge in [-0.15, -0.1) is 0 Å². The van der Waals surface area contributed by atoms with Gasteiger partial charge in [0, 0.05) is 28.6 Å². The summed E-state index contributed by atoms with van der Waals surface area (Å²) in [6.45, 7) is 4.35. The first-order valence-corrected chi connectivity index (χ1v) is 8.96. The van der Waals surface area contributed by atoms with Crippen LogP contribution in [-0.2, 0) is 13.0 Å². The van der Waals surface area contributed by atoms with Crippen LogP contribution in [0.15, 0.2) is 34.3 Å². The van der Waals surface area contributed by atoms with Gasteiger partial charge < -0.3 is 28.8 Å². The molecule has 0 fully saturated rings. The van der Waals surface area contributed by atoms with Crippen LogP contribution >= 0.6 is 0 Å². The first-order chi connectivity index (χ1) is 13.4. The molecule has 6 heteroatoms. The van der Waals surface area contributed by atoms with Crippen LogP contribution in [-0.4, -0.2) is 24.4 Å². The largest absolute Gasteiger partial charge is 0.504 e. The predicted molar refractivity (Wildman–Crippen MR) is 106 cm³/mol. The molecule has 2 heterocycles. The smallest absolute Gasteiger partial charge is 0.161 e. The van der Waals surface area contributed by atoms with Crippen LogP contribution in [0.4, 0.5) is 0 Å². The lowest BCUT2D eigenvalue weighted by molar-refractivity contribution is 0.293. The van der Waals surface area contributed by atoms with Crippen molar-refractivity contribution in [3.05, 3.63) is 41.0 Å². The van der Waals surface area contributed by atoms with Crippen LogP contribution < -0.4 is 14.2 Å². The second-order valence-electron chi connectivity index (χ2n) is 6.98. The number of ether oxygens (including phenoxy) is 3. The van der Waals surface area contributed by atoms with Gasteiger partial charge in [-0.05, 0) is 26.3 Å². The molecular weight excluding hydrogens is 360 g/mol. The number of allylic oxidation sites excluding steroid dienone is 2. The van der Waals surface area contributed by atoms with Gasteiger partial charge >= 0.3 is 0 Å². The SMILES string of the molecule is COc1cc2c(c(OC)c1CC=C(C)C)-c1oc3cc(O)c(O)cc3c1CO2. The number of methoxy groups -OCH3 is 2. The monoisotopic (exact) mass is 382 g/mol. The van der Waals surface area contributed by atoms with Gasteiger partial charge in [0.1, 0.15) is 40.8 Å². The van der Waals surface area contributed by atoms with Gasteiger partial charge in [-0.2, -0.15) is 0 Å². The number of furan rings is 1. The van der Waals surface area contributed by atoms with Gasteiger partial charge in [0.25, 0.3) is 0 Å². The number of fused-ring (bicyclic) bond motifs is 5. The molecule has 28 heavy (non-hydrogen) atoms. The molecule has 2 aromatic carbocycles. The Morgan fingerprint density at radius 2 is 1.86 bits per heavy atom. The fourth-order valence-corrected chi connectivity index (χ4v) is 3.56. The Morgan fingerprint density at radius 1 is 1.11 bits per heavy atom. The van der Waals surface area contributed by atoms with E-state index in [0.717, 1.165) is 11.1 Å². The topological polar surface area (TPSA) is 81.3 Å². The van der Waals surface area contributed by atoms with E-state index in [-0.39, 0.29) is 18.1 Å². The van der Waals surface area contributed by atoms with Gasteiger partial charge in [-0.25, -0.2) is 0 Å². The zero-order valence-electron chi connectivity index (χ0n) is 16.3. The van der Waals surface area contributed by atoms with Crippen LogP contribution in [0.3, 0.4) is 0 Å². The molecule has 0 amide bonds. The van der Waals surface area contributed by atoms with Crippen molar-refractivity contribution < 1.29 is 28.8 Å². The quantitative estimate of drug-likeness (QED) is 0.492. The van der Waals surface area contributed by atoms with Crippen molar-refractivity contribution in [3.63, 3.8) is 0 Å². The molecule has 0 spiro atoms. The molecule has 0 unspecified atom stereocenters. The van der Waals surface area contributed by atoms with Crippen molar-refractivity contribution >= 4 is 11.0 Å². The maximum Gasteiger partial charge on any atom is 0.161 e. The molecule has 0 atom stereocenters. The highest BCUT2D eigenvalue weighted by atomic mass is 16.5. The van der Waals surface area contributed by atoms with Crippen molar-refractivity contribution in [1.82, 2.24) is 0 Å². The Kier molecular flexibility index (Phi) is 4.34. The number of hydrogen-bond acceptors (Lipinski definition) is 6. The summed E-state index contributed by atoms with van der Waals surface area (Å²) >= 11 is 0. The standard InChI is InChI=1S/C22H22O6/c1-11(2)5-6-12-17(25-3)9-19-20(21(12)26-4)22-14(10-27-19)13-7-15(23)16(24)8-18(13)28-22/h5,7-9,23-24H,6,10H2,1-4H3. The predicted octanol–water partition coefficient (Wildman–Crippen LogP) is 4.93. The van der Waals surface area contributed by atoms with Crippen LogP contribution in [0, 0.1) is 0 Å². The Morgan fingerprint density at radius 3 is 2.54 bits per heavy atom. The maximum absolute atomic E-state index is 9.89. The van der Waals surface area contributed by atoms with Gasteiger partial charge in [0.2, 0.25) is 0 Å². The fraction of sp³-hybridized carbons (Fsp3) is 0.273. The summed E-state index contributed by atoms with van der Waals surface area (Å²) in [5.74, 6) is 2.09. The van der Waals surface area contributed by atoms with Crippen LogP contribution in [0.2, 0.25) is 0 Å². The highest BCUT2D eigenvalue weighted by Gasteiger charge is 2.31. The summed E-state index contributed by atoms with van der Waals surface area (Å²) in [6, 6.07) is 4.74. The lowest BCUT2D eigenvalue weighted by atomic mass is 9.96. The van der Waals surface area contributed by atoms with E-state index in [9.17, 15) is 10.2 Å². The van der Waals surface area contributed by atoms with Gasteiger partial charge in [0.15, 0.2) is 11.5 Å². The van der Waals surface area contributed by atoms with Crippen LogP contribution in [0.5, 0.6) is 28.7 Å². The molecular formula is C22H22O6. The molecule has 146 valence electrons. The number of rotatable bonds is 4. The first kappa shape index (κ1) is 18.1. The summed E-state index contributed by atoms with van der Waals surface area (Å²) < 4.78 is 23.4. The third kappa shape index (κ3) is 2.72. The zero-order chi connectivity index (χ0) is 20.0. The Labute approximate surface area is 162 Å². The average Bonchev–Trinajstić information content (AvgIpc) is 3.02. The van der Waals surface area contributed by atoms with Crippen molar-refractivity contribution in [2.24, 2.45) is 0 Å². The molecule has 0 saturated heterocycles. The Hall–Kier alpha value is -3.28. The molecule has 0 saturated carbocycles. The van der Waals surface area contributed by atoms with Gasteiger partial charge in [-0.3, -0.25) is 0 Å². The third-order valence-electron chi connectivity index (χ3n) is 4.93. The molecule has 6 nitrogen and oxygen atoms in total. The van der Waals surface area contributed by atoms with Crippen molar-refractivity contribution in [2.75, 3.05) is 14.2 Å². The summed E-state index contributed by atoms with van der Waals surface area (Å²) in [6.07, 6.45) is 2.74. The molecule has 0 bridgehead atoms. The number of benzene rings is 2. The lowest BCUT2D eigenvalue weighted by Crippen LogP contribution is -2.08. The number of hydrogen-bond donors (Lipinski definition) is 2. The summed E-state index contributed by atoms with van der Waals surface area (Å²) in [5.41, 5.74) is 4.06. The van der Waals surface area contributed by atoms with Crippen molar-refractivity contribution in [1.29, 1.82) is 0 Å². The van der Waals surface area contributed by atoms with Crippen LogP contribution in [0.1, 0.15) is 25.0 Å². The van der Waals surface area contributed by atoms with Crippen LogP contribution in [0.25, 0.3) is 22.3 Å². The minimum atomic E-state index is -0.231. The molecule has 1 aliphatic heterocycles. The normalized spacial score (nSPS) is 12.1. The Bertz CT molecular complexity index is 1100. The van der Waals surface area contributed by atoms with E-state index in [0.29, 0.717) is 46.0 Å². The molecule has 1 aliphatic rings. The highest BCUT2D eigenvalue weighted by Crippen LogP contribution is 2.52. The van der Waals surface area contributed by atoms with E-state index in [4.69, 9.17) is 18.6 Å². The summed E-state index contributed by atoms with van der Waals surface area (Å²) in [5, 5.41) is 20.4. The number of aromatic hydroxyl groups is 2. The molecule has 0 aliphatic carbocycles. The second kappa shape index (κ2) is 6.71. The van der Waals surface area contributed by atoms with Gasteiger partial charge in [0.05, 0.1) is 14.2 Å². The van der Waals surface area contributed by atoms with E-state index >= 15 is 0 Å². The van der Waals surface area contributed by atoms with Crippen molar-refractivity contribution in [2.45, 2.75) is 26.9 Å². The number of phenols is 2. The minimum absolute atomic E-state index is 0.201. The van der Waals surface area contributed by atoms with E-state index in [1.165, 1.54) is 17.7 Å². The lowest BCUT2D eigenvalue weighted by Gasteiger charge is -2.23. The fourth-order valence-electron chi connectivity index (χ4n) is 3.56. The second-order valence-corrected chi connectivity index (χ2v) is 6.98. The average molecular weight is 382 g/mol. The molecule has 0 radical (unpaired) electrons. The van der Waals surface area contributed by atoms with Crippen molar-refractivity contribution in [3.8, 4) is 40.1 Å². The highest BCUT2D eigenvalue weighted by molar-refractivity contribution is 5.94.